The van der Waals surface area contributed by atoms with E-state index >= 15 is 0 Å². The van der Waals surface area contributed by atoms with Gasteiger partial charge in [0.05, 0.1) is 11.3 Å². The number of benzene rings is 2. The number of nitrogens with one attached hydrogen (secondary N) is 1. The van der Waals surface area contributed by atoms with E-state index in [4.69, 9.17) is 0 Å². The van der Waals surface area contributed by atoms with Crippen LogP contribution in [0.3, 0.4) is 0 Å². The van der Waals surface area contributed by atoms with Gasteiger partial charge in [-0.25, -0.2) is 0 Å². The summed E-state index contributed by atoms with van der Waals surface area (Å²) in [6, 6.07) is 16.7. The summed E-state index contributed by atoms with van der Waals surface area (Å²) in [5.74, 6) is -0.170. The SMILES string of the molecule is O=C(Cc1ccccc1[N+](=O)[O-])NCC1(c2ccccc2)CCCC1. The molecule has 3 rings (SSSR count). The van der Waals surface area contributed by atoms with Crippen molar-refractivity contribution in [1.29, 1.82) is 0 Å². The van der Waals surface area contributed by atoms with Gasteiger partial charge < -0.3 is 5.32 Å². The number of carbonyl (C=O) groups is 1. The van der Waals surface area contributed by atoms with Crippen molar-refractivity contribution >= 4 is 11.6 Å². The Morgan fingerprint density at radius 2 is 1.68 bits per heavy atom. The first kappa shape index (κ1) is 17.1. The number of hydrogen-bond acceptors (Lipinski definition) is 3. The predicted molar refractivity (Wildman–Crippen MR) is 96.4 cm³/mol. The maximum absolute atomic E-state index is 12.4. The molecule has 0 unspecified atom stereocenters. The molecule has 25 heavy (non-hydrogen) atoms. The van der Waals surface area contributed by atoms with E-state index in [9.17, 15) is 14.9 Å². The van der Waals surface area contributed by atoms with Crippen LogP contribution in [0.25, 0.3) is 0 Å². The van der Waals surface area contributed by atoms with E-state index in [0.29, 0.717) is 12.1 Å². The van der Waals surface area contributed by atoms with Crippen LogP contribution in [0.1, 0.15) is 36.8 Å². The molecule has 0 spiro atoms. The van der Waals surface area contributed by atoms with Crippen molar-refractivity contribution in [2.75, 3.05) is 6.54 Å². The van der Waals surface area contributed by atoms with Crippen molar-refractivity contribution in [1.82, 2.24) is 5.32 Å². The molecule has 1 aliphatic carbocycles. The summed E-state index contributed by atoms with van der Waals surface area (Å²) in [6.45, 7) is 0.580. The lowest BCUT2D eigenvalue weighted by atomic mass is 9.79. The van der Waals surface area contributed by atoms with E-state index in [0.717, 1.165) is 25.7 Å². The average Bonchev–Trinajstić information content (AvgIpc) is 3.11. The third kappa shape index (κ3) is 3.87. The molecular weight excluding hydrogens is 316 g/mol. The number of carbonyl (C=O) groups excluding carboxylic acids is 1. The number of nitrogens with zero attached hydrogens (tertiary/aromatic N) is 1. The van der Waals surface area contributed by atoms with Crippen LogP contribution in [0.5, 0.6) is 0 Å². The number of nitro benzene ring substituents is 1. The van der Waals surface area contributed by atoms with Gasteiger partial charge in [-0.15, -0.1) is 0 Å². The first-order chi connectivity index (χ1) is 12.1. The molecular formula is C20H22N2O3. The summed E-state index contributed by atoms with van der Waals surface area (Å²) >= 11 is 0. The molecule has 0 aliphatic heterocycles. The average molecular weight is 338 g/mol. The predicted octanol–water partition coefficient (Wildman–Crippen LogP) is 3.77. The molecule has 1 fully saturated rings. The number of rotatable bonds is 6. The summed E-state index contributed by atoms with van der Waals surface area (Å²) in [6.07, 6.45) is 4.47. The van der Waals surface area contributed by atoms with Crippen molar-refractivity contribution in [3.63, 3.8) is 0 Å². The molecule has 5 nitrogen and oxygen atoms in total. The fourth-order valence-electron chi connectivity index (χ4n) is 3.75. The van der Waals surface area contributed by atoms with E-state index in [-0.39, 0.29) is 23.4 Å². The topological polar surface area (TPSA) is 72.2 Å². The lowest BCUT2D eigenvalue weighted by Gasteiger charge is -2.30. The molecule has 0 atom stereocenters. The maximum Gasteiger partial charge on any atom is 0.273 e. The van der Waals surface area contributed by atoms with Crippen LogP contribution < -0.4 is 5.32 Å². The van der Waals surface area contributed by atoms with Crippen LogP contribution in [0.15, 0.2) is 54.6 Å². The first-order valence-corrected chi connectivity index (χ1v) is 8.65. The fraction of sp³-hybridized carbons (Fsp3) is 0.350. The van der Waals surface area contributed by atoms with Crippen molar-refractivity contribution in [3.05, 3.63) is 75.8 Å². The summed E-state index contributed by atoms with van der Waals surface area (Å²) in [4.78, 5) is 23.0. The molecule has 0 aromatic heterocycles. The van der Waals surface area contributed by atoms with E-state index in [2.05, 4.69) is 17.4 Å². The van der Waals surface area contributed by atoms with Gasteiger partial charge in [0.25, 0.3) is 5.69 Å². The summed E-state index contributed by atoms with van der Waals surface area (Å²) in [5, 5.41) is 14.1. The molecule has 1 N–H and O–H groups in total. The Kier molecular flexibility index (Phi) is 5.12. The molecule has 2 aromatic carbocycles. The number of para-hydroxylation sites is 1. The zero-order valence-corrected chi connectivity index (χ0v) is 14.1. The molecule has 2 aromatic rings. The smallest absolute Gasteiger partial charge is 0.273 e. The first-order valence-electron chi connectivity index (χ1n) is 8.65. The zero-order chi connectivity index (χ0) is 17.7. The minimum absolute atomic E-state index is 0.00344. The van der Waals surface area contributed by atoms with E-state index < -0.39 is 4.92 Å². The number of hydrogen-bond donors (Lipinski definition) is 1. The quantitative estimate of drug-likeness (QED) is 0.644. The highest BCUT2D eigenvalue weighted by molar-refractivity contribution is 5.79. The monoisotopic (exact) mass is 338 g/mol. The number of nitro groups is 1. The Balaban J connectivity index is 1.68. The Morgan fingerprint density at radius 1 is 1.04 bits per heavy atom. The van der Waals surface area contributed by atoms with Gasteiger partial charge in [-0.2, -0.15) is 0 Å². The highest BCUT2D eigenvalue weighted by Gasteiger charge is 2.35. The van der Waals surface area contributed by atoms with Crippen molar-refractivity contribution < 1.29 is 9.72 Å². The Morgan fingerprint density at radius 3 is 2.36 bits per heavy atom. The highest BCUT2D eigenvalue weighted by atomic mass is 16.6. The molecule has 1 amide bonds. The zero-order valence-electron chi connectivity index (χ0n) is 14.1. The Bertz CT molecular complexity index is 753. The second-order valence-corrected chi connectivity index (χ2v) is 6.69. The molecule has 1 saturated carbocycles. The summed E-state index contributed by atoms with van der Waals surface area (Å²) < 4.78 is 0. The molecule has 0 heterocycles. The molecule has 0 saturated heterocycles. The largest absolute Gasteiger partial charge is 0.355 e. The van der Waals surface area contributed by atoms with Gasteiger partial charge in [-0.3, -0.25) is 14.9 Å². The molecule has 1 aliphatic rings. The van der Waals surface area contributed by atoms with E-state index in [1.165, 1.54) is 11.6 Å². The molecule has 130 valence electrons. The van der Waals surface area contributed by atoms with Crippen molar-refractivity contribution in [3.8, 4) is 0 Å². The van der Waals surface area contributed by atoms with E-state index in [1.54, 1.807) is 18.2 Å². The van der Waals surface area contributed by atoms with Gasteiger partial charge >= 0.3 is 0 Å². The van der Waals surface area contributed by atoms with Gasteiger partial charge in [0, 0.05) is 23.6 Å². The van der Waals surface area contributed by atoms with Crippen LogP contribution in [0.2, 0.25) is 0 Å². The molecule has 0 radical (unpaired) electrons. The minimum atomic E-state index is -0.439. The van der Waals surface area contributed by atoms with Crippen molar-refractivity contribution in [2.24, 2.45) is 0 Å². The third-order valence-electron chi connectivity index (χ3n) is 5.11. The third-order valence-corrected chi connectivity index (χ3v) is 5.11. The normalized spacial score (nSPS) is 15.7. The van der Waals surface area contributed by atoms with Gasteiger partial charge in [-0.1, -0.05) is 61.4 Å². The maximum atomic E-state index is 12.4. The standard InChI is InChI=1S/C20H22N2O3/c23-19(14-16-8-4-5-11-18(16)22(24)25)21-15-20(12-6-7-13-20)17-9-2-1-3-10-17/h1-5,8-11H,6-7,12-15H2,(H,21,23). The highest BCUT2D eigenvalue weighted by Crippen LogP contribution is 2.40. The van der Waals surface area contributed by atoms with Crippen LogP contribution in [-0.2, 0) is 16.6 Å². The van der Waals surface area contributed by atoms with Crippen LogP contribution in [-0.4, -0.2) is 17.4 Å². The van der Waals surface area contributed by atoms with Crippen molar-refractivity contribution in [2.45, 2.75) is 37.5 Å². The summed E-state index contributed by atoms with van der Waals surface area (Å²) in [5.41, 5.74) is 1.69. The summed E-state index contributed by atoms with van der Waals surface area (Å²) in [7, 11) is 0. The Hall–Kier alpha value is -2.69. The van der Waals surface area contributed by atoms with Crippen LogP contribution in [0, 0.1) is 10.1 Å². The lowest BCUT2D eigenvalue weighted by Crippen LogP contribution is -2.39. The minimum Gasteiger partial charge on any atom is -0.355 e. The molecule has 5 heteroatoms. The van der Waals surface area contributed by atoms with Gasteiger partial charge in [-0.05, 0) is 18.4 Å². The van der Waals surface area contributed by atoms with Gasteiger partial charge in [0.2, 0.25) is 5.91 Å². The second-order valence-electron chi connectivity index (χ2n) is 6.69. The Labute approximate surface area is 147 Å². The van der Waals surface area contributed by atoms with Crippen LogP contribution in [0.4, 0.5) is 5.69 Å². The second kappa shape index (κ2) is 7.47. The van der Waals surface area contributed by atoms with Gasteiger partial charge in [0.15, 0.2) is 0 Å². The van der Waals surface area contributed by atoms with Gasteiger partial charge in [0.1, 0.15) is 0 Å². The number of amides is 1. The van der Waals surface area contributed by atoms with Crippen LogP contribution >= 0.6 is 0 Å². The van der Waals surface area contributed by atoms with E-state index in [1.807, 2.05) is 18.2 Å². The molecule has 0 bridgehead atoms. The fourth-order valence-corrected chi connectivity index (χ4v) is 3.75. The lowest BCUT2D eigenvalue weighted by molar-refractivity contribution is -0.385.